The molecular formula is C27H27BrN4O. The van der Waals surface area contributed by atoms with Gasteiger partial charge in [-0.2, -0.15) is 0 Å². The molecule has 0 aliphatic carbocycles. The van der Waals surface area contributed by atoms with Crippen LogP contribution in [-0.2, 0) is 0 Å². The molecule has 5 nitrogen and oxygen atoms in total. The van der Waals surface area contributed by atoms with Crippen molar-refractivity contribution in [3.8, 4) is 11.5 Å². The number of rotatable bonds is 5. The Kier molecular flexibility index (Phi) is 6.29. The lowest BCUT2D eigenvalue weighted by Crippen LogP contribution is -2.48. The normalized spacial score (nSPS) is 15.5. The van der Waals surface area contributed by atoms with E-state index in [1.165, 1.54) is 16.8 Å². The van der Waals surface area contributed by atoms with Crippen molar-refractivity contribution < 1.29 is 4.42 Å². The van der Waals surface area contributed by atoms with Crippen LogP contribution in [0, 0.1) is 13.8 Å². The molecule has 0 spiro atoms. The maximum absolute atomic E-state index is 6.23. The summed E-state index contributed by atoms with van der Waals surface area (Å²) >= 11 is 3.56. The van der Waals surface area contributed by atoms with Crippen LogP contribution in [0.25, 0.3) is 11.5 Å². The maximum atomic E-state index is 6.23. The third-order valence-electron chi connectivity index (χ3n) is 6.27. The first kappa shape index (κ1) is 21.9. The highest BCUT2D eigenvalue weighted by molar-refractivity contribution is 9.10. The number of nitrogens with zero attached hydrogens (tertiary/aromatic N) is 4. The summed E-state index contributed by atoms with van der Waals surface area (Å²) in [5, 5.41) is 8.85. The zero-order valence-corrected chi connectivity index (χ0v) is 20.5. The van der Waals surface area contributed by atoms with Crippen molar-refractivity contribution in [2.24, 2.45) is 0 Å². The van der Waals surface area contributed by atoms with Crippen LogP contribution in [0.2, 0.25) is 0 Å². The minimum Gasteiger partial charge on any atom is -0.419 e. The molecule has 1 aliphatic heterocycles. The quantitative estimate of drug-likeness (QED) is 0.333. The predicted octanol–water partition coefficient (Wildman–Crippen LogP) is 6.03. The lowest BCUT2D eigenvalue weighted by atomic mass is 10.0. The number of aromatic nitrogens is 2. The van der Waals surface area contributed by atoms with E-state index in [1.54, 1.807) is 0 Å². The highest BCUT2D eigenvalue weighted by Gasteiger charge is 2.31. The smallest absolute Gasteiger partial charge is 0.247 e. The van der Waals surface area contributed by atoms with E-state index in [9.17, 15) is 0 Å². The molecule has 0 N–H and O–H groups in total. The Balaban J connectivity index is 1.42. The van der Waals surface area contributed by atoms with Gasteiger partial charge in [0.25, 0.3) is 0 Å². The molecule has 1 saturated heterocycles. The van der Waals surface area contributed by atoms with Gasteiger partial charge in [0.1, 0.15) is 6.04 Å². The number of benzene rings is 3. The molecule has 4 aromatic rings. The molecule has 3 aromatic carbocycles. The van der Waals surface area contributed by atoms with E-state index in [-0.39, 0.29) is 6.04 Å². The molecule has 0 saturated carbocycles. The number of aryl methyl sites for hydroxylation is 2. The minimum absolute atomic E-state index is 0.0798. The molecule has 6 heteroatoms. The third-order valence-corrected chi connectivity index (χ3v) is 6.79. The molecule has 168 valence electrons. The van der Waals surface area contributed by atoms with Crippen LogP contribution >= 0.6 is 15.9 Å². The number of anilines is 1. The molecule has 1 unspecified atom stereocenters. The van der Waals surface area contributed by atoms with E-state index in [4.69, 9.17) is 4.42 Å². The van der Waals surface area contributed by atoms with Crippen molar-refractivity contribution in [3.63, 3.8) is 0 Å². The van der Waals surface area contributed by atoms with Gasteiger partial charge < -0.3 is 9.32 Å². The van der Waals surface area contributed by atoms with Crippen LogP contribution in [0.4, 0.5) is 5.69 Å². The zero-order chi connectivity index (χ0) is 22.8. The largest absolute Gasteiger partial charge is 0.419 e. The standard InChI is InChI=1S/C27H27BrN4O/c1-19-8-9-20(2)24(18-19)31-14-16-32(17-15-31)25(21-10-12-23(28)13-11-21)27-30-29-26(33-27)22-6-4-3-5-7-22/h3-13,18,25H,14-17H2,1-2H3. The molecule has 33 heavy (non-hydrogen) atoms. The SMILES string of the molecule is Cc1ccc(C)c(N2CCN(C(c3ccc(Br)cc3)c3nnc(-c4ccccc4)o3)CC2)c1. The third kappa shape index (κ3) is 4.72. The van der Waals surface area contributed by atoms with Crippen molar-refractivity contribution in [2.45, 2.75) is 19.9 Å². The van der Waals surface area contributed by atoms with Gasteiger partial charge in [0.05, 0.1) is 0 Å². The Morgan fingerprint density at radius 2 is 1.58 bits per heavy atom. The van der Waals surface area contributed by atoms with Gasteiger partial charge in [-0.1, -0.05) is 58.4 Å². The number of hydrogen-bond acceptors (Lipinski definition) is 5. The highest BCUT2D eigenvalue weighted by atomic mass is 79.9. The first-order valence-electron chi connectivity index (χ1n) is 11.3. The van der Waals surface area contributed by atoms with Crippen molar-refractivity contribution in [1.29, 1.82) is 0 Å². The summed E-state index contributed by atoms with van der Waals surface area (Å²) in [6, 6.07) is 25.0. The van der Waals surface area contributed by atoms with Gasteiger partial charge in [-0.25, -0.2) is 0 Å². The summed E-state index contributed by atoms with van der Waals surface area (Å²) in [5.41, 5.74) is 6.04. The van der Waals surface area contributed by atoms with Crippen molar-refractivity contribution in [3.05, 3.63) is 99.9 Å². The molecule has 1 fully saturated rings. The first-order valence-corrected chi connectivity index (χ1v) is 12.1. The molecule has 2 heterocycles. The Labute approximate surface area is 203 Å². The van der Waals surface area contributed by atoms with Gasteiger partial charge in [-0.15, -0.1) is 10.2 Å². The second kappa shape index (κ2) is 9.49. The monoisotopic (exact) mass is 502 g/mol. The molecule has 0 radical (unpaired) electrons. The van der Waals surface area contributed by atoms with Gasteiger partial charge in [0.2, 0.25) is 11.8 Å². The molecular weight excluding hydrogens is 476 g/mol. The van der Waals surface area contributed by atoms with Crippen LogP contribution < -0.4 is 4.90 Å². The van der Waals surface area contributed by atoms with Gasteiger partial charge in [0.15, 0.2) is 0 Å². The van der Waals surface area contributed by atoms with Crippen LogP contribution in [0.1, 0.15) is 28.6 Å². The average molecular weight is 503 g/mol. The Morgan fingerprint density at radius 1 is 0.848 bits per heavy atom. The summed E-state index contributed by atoms with van der Waals surface area (Å²) in [4.78, 5) is 4.94. The van der Waals surface area contributed by atoms with Gasteiger partial charge in [-0.05, 0) is 60.9 Å². The first-order chi connectivity index (χ1) is 16.1. The zero-order valence-electron chi connectivity index (χ0n) is 18.9. The number of halogens is 1. The molecule has 0 bridgehead atoms. The van der Waals surface area contributed by atoms with Crippen molar-refractivity contribution in [1.82, 2.24) is 15.1 Å². The van der Waals surface area contributed by atoms with Crippen molar-refractivity contribution >= 4 is 21.6 Å². The van der Waals surface area contributed by atoms with E-state index >= 15 is 0 Å². The van der Waals surface area contributed by atoms with Gasteiger partial charge in [-0.3, -0.25) is 4.90 Å². The number of piperazine rings is 1. The Bertz CT molecular complexity index is 1210. The second-order valence-corrected chi connectivity index (χ2v) is 9.49. The van der Waals surface area contributed by atoms with Crippen molar-refractivity contribution in [2.75, 3.05) is 31.1 Å². The summed E-state index contributed by atoms with van der Waals surface area (Å²) in [5.74, 6) is 1.19. The maximum Gasteiger partial charge on any atom is 0.247 e. The summed E-state index contributed by atoms with van der Waals surface area (Å²) in [7, 11) is 0. The second-order valence-electron chi connectivity index (χ2n) is 8.58. The highest BCUT2D eigenvalue weighted by Crippen LogP contribution is 2.32. The molecule has 1 aliphatic rings. The van der Waals surface area contributed by atoms with Crippen LogP contribution in [0.15, 0.2) is 81.7 Å². The summed E-state index contributed by atoms with van der Waals surface area (Å²) in [6.45, 7) is 8.08. The fraction of sp³-hybridized carbons (Fsp3) is 0.259. The van der Waals surface area contributed by atoms with Gasteiger partial charge >= 0.3 is 0 Å². The van der Waals surface area contributed by atoms with E-state index in [0.717, 1.165) is 41.8 Å². The fourth-order valence-electron chi connectivity index (χ4n) is 4.48. The molecule has 1 aromatic heterocycles. The van der Waals surface area contributed by atoms with Gasteiger partial charge in [0, 0.05) is 41.9 Å². The van der Waals surface area contributed by atoms with E-state index in [2.05, 4.69) is 92.2 Å². The Morgan fingerprint density at radius 3 is 2.30 bits per heavy atom. The topological polar surface area (TPSA) is 45.4 Å². The average Bonchev–Trinajstić information content (AvgIpc) is 3.33. The summed E-state index contributed by atoms with van der Waals surface area (Å²) < 4.78 is 7.28. The van der Waals surface area contributed by atoms with Crippen LogP contribution in [0.3, 0.4) is 0 Å². The predicted molar refractivity (Wildman–Crippen MR) is 135 cm³/mol. The molecule has 1 atom stereocenters. The van der Waals surface area contributed by atoms with Crippen LogP contribution in [-0.4, -0.2) is 41.3 Å². The van der Waals surface area contributed by atoms with E-state index in [0.29, 0.717) is 11.8 Å². The Hall–Kier alpha value is -2.96. The van der Waals surface area contributed by atoms with Crippen LogP contribution in [0.5, 0.6) is 0 Å². The lowest BCUT2D eigenvalue weighted by Gasteiger charge is -2.39. The summed E-state index contributed by atoms with van der Waals surface area (Å²) in [6.07, 6.45) is 0. The fourth-order valence-corrected chi connectivity index (χ4v) is 4.74. The minimum atomic E-state index is -0.0798. The molecule has 0 amide bonds. The number of hydrogen-bond donors (Lipinski definition) is 0. The molecule has 5 rings (SSSR count). The van der Waals surface area contributed by atoms with E-state index < -0.39 is 0 Å². The van der Waals surface area contributed by atoms with E-state index in [1.807, 2.05) is 30.3 Å². The lowest BCUT2D eigenvalue weighted by molar-refractivity contribution is 0.188.